The fraction of sp³-hybridized carbons (Fsp3) is 0.684. The summed E-state index contributed by atoms with van der Waals surface area (Å²) in [5, 5.41) is 3.54. The number of ether oxygens (including phenoxy) is 1. The minimum atomic E-state index is 0.367. The van der Waals surface area contributed by atoms with E-state index in [9.17, 15) is 0 Å². The van der Waals surface area contributed by atoms with Gasteiger partial charge >= 0.3 is 0 Å². The number of nitrogens with zero attached hydrogens (tertiary/aromatic N) is 2. The molecule has 0 fully saturated rings. The van der Waals surface area contributed by atoms with Crippen LogP contribution in [0.2, 0.25) is 0 Å². The van der Waals surface area contributed by atoms with Crippen molar-refractivity contribution in [2.75, 3.05) is 53.4 Å². The number of rotatable bonds is 12. The molecular formula is C19H35N3O. The average Bonchev–Trinajstić information content (AvgIpc) is 2.55. The Balaban J connectivity index is 2.29. The Morgan fingerprint density at radius 2 is 1.70 bits per heavy atom. The number of hydrogen-bond donors (Lipinski definition) is 1. The summed E-state index contributed by atoms with van der Waals surface area (Å²) in [4.78, 5) is 4.61. The Morgan fingerprint density at radius 1 is 1.04 bits per heavy atom. The fourth-order valence-corrected chi connectivity index (χ4v) is 2.49. The Kier molecular flexibility index (Phi) is 9.92. The first-order valence-electron chi connectivity index (χ1n) is 8.90. The summed E-state index contributed by atoms with van der Waals surface area (Å²) in [6.07, 6.45) is 1.08. The maximum Gasteiger partial charge on any atom is 0.119 e. The summed E-state index contributed by atoms with van der Waals surface area (Å²) in [7, 11) is 4.19. The summed E-state index contributed by atoms with van der Waals surface area (Å²) in [5.74, 6) is 0.966. The molecule has 1 aromatic rings. The molecule has 0 amide bonds. The smallest absolute Gasteiger partial charge is 0.119 e. The second-order valence-electron chi connectivity index (χ2n) is 6.28. The van der Waals surface area contributed by atoms with Crippen molar-refractivity contribution < 1.29 is 4.74 Å². The highest BCUT2D eigenvalue weighted by atomic mass is 16.5. The highest BCUT2D eigenvalue weighted by Crippen LogP contribution is 2.17. The van der Waals surface area contributed by atoms with Gasteiger partial charge in [0.1, 0.15) is 5.75 Å². The molecule has 132 valence electrons. The molecule has 0 aromatic heterocycles. The molecule has 1 aromatic carbocycles. The second kappa shape index (κ2) is 11.4. The Bertz CT molecular complexity index is 402. The van der Waals surface area contributed by atoms with Crippen molar-refractivity contribution in [3.05, 3.63) is 29.8 Å². The van der Waals surface area contributed by atoms with Gasteiger partial charge in [0.15, 0.2) is 0 Å². The average molecular weight is 322 g/mol. The van der Waals surface area contributed by atoms with Crippen molar-refractivity contribution in [2.24, 2.45) is 0 Å². The summed E-state index contributed by atoms with van der Waals surface area (Å²) >= 11 is 0. The van der Waals surface area contributed by atoms with E-state index in [2.05, 4.69) is 74.2 Å². The molecule has 0 aliphatic heterocycles. The van der Waals surface area contributed by atoms with Crippen LogP contribution in [-0.2, 0) is 0 Å². The molecule has 23 heavy (non-hydrogen) atoms. The lowest BCUT2D eigenvalue weighted by atomic mass is 10.1. The van der Waals surface area contributed by atoms with Crippen LogP contribution < -0.4 is 10.1 Å². The van der Waals surface area contributed by atoms with Crippen LogP contribution in [0.4, 0.5) is 0 Å². The van der Waals surface area contributed by atoms with Crippen molar-refractivity contribution >= 4 is 0 Å². The standard InChI is InChI=1S/C19H35N3O/c1-6-22(7-2)14-8-16-23-19-11-9-18(10-12-19)17(3)20-13-15-21(4)5/h9-12,17,20H,6-8,13-16H2,1-5H3. The lowest BCUT2D eigenvalue weighted by molar-refractivity contribution is 0.249. The first-order valence-corrected chi connectivity index (χ1v) is 8.90. The second-order valence-corrected chi connectivity index (χ2v) is 6.28. The number of nitrogens with one attached hydrogen (secondary N) is 1. The topological polar surface area (TPSA) is 27.7 Å². The molecule has 4 nitrogen and oxygen atoms in total. The van der Waals surface area contributed by atoms with Gasteiger partial charge in [-0.15, -0.1) is 0 Å². The molecule has 1 unspecified atom stereocenters. The highest BCUT2D eigenvalue weighted by molar-refractivity contribution is 5.28. The summed E-state index contributed by atoms with van der Waals surface area (Å²) in [6.45, 7) is 12.8. The predicted molar refractivity (Wildman–Crippen MR) is 99.3 cm³/mol. The molecule has 1 atom stereocenters. The van der Waals surface area contributed by atoms with Crippen molar-refractivity contribution in [2.45, 2.75) is 33.2 Å². The third kappa shape index (κ3) is 8.35. The van der Waals surface area contributed by atoms with E-state index in [1.807, 2.05) is 0 Å². The van der Waals surface area contributed by atoms with Crippen LogP contribution in [-0.4, -0.2) is 63.2 Å². The van der Waals surface area contributed by atoms with Crippen molar-refractivity contribution in [3.63, 3.8) is 0 Å². The Morgan fingerprint density at radius 3 is 2.26 bits per heavy atom. The largest absolute Gasteiger partial charge is 0.494 e. The Labute approximate surface area is 142 Å². The van der Waals surface area contributed by atoms with Crippen molar-refractivity contribution in [3.8, 4) is 5.75 Å². The van der Waals surface area contributed by atoms with Gasteiger partial charge in [-0.2, -0.15) is 0 Å². The van der Waals surface area contributed by atoms with Gasteiger partial charge in [0, 0.05) is 25.7 Å². The molecule has 0 radical (unpaired) electrons. The molecule has 0 spiro atoms. The lowest BCUT2D eigenvalue weighted by Gasteiger charge is -2.18. The zero-order valence-electron chi connectivity index (χ0n) is 15.6. The molecule has 4 heteroatoms. The van der Waals surface area contributed by atoms with Gasteiger partial charge in [-0.05, 0) is 58.2 Å². The van der Waals surface area contributed by atoms with Gasteiger partial charge in [0.05, 0.1) is 6.61 Å². The van der Waals surface area contributed by atoms with Gasteiger partial charge in [-0.3, -0.25) is 0 Å². The maximum absolute atomic E-state index is 5.84. The number of hydrogen-bond acceptors (Lipinski definition) is 4. The van der Waals surface area contributed by atoms with Crippen LogP contribution in [0.3, 0.4) is 0 Å². The minimum Gasteiger partial charge on any atom is -0.494 e. The van der Waals surface area contributed by atoms with Crippen LogP contribution in [0.15, 0.2) is 24.3 Å². The van der Waals surface area contributed by atoms with Gasteiger partial charge in [0.2, 0.25) is 0 Å². The lowest BCUT2D eigenvalue weighted by Crippen LogP contribution is -2.28. The van der Waals surface area contributed by atoms with Crippen LogP contribution >= 0.6 is 0 Å². The Hall–Kier alpha value is -1.10. The zero-order valence-corrected chi connectivity index (χ0v) is 15.6. The molecular weight excluding hydrogens is 286 g/mol. The van der Waals surface area contributed by atoms with Gasteiger partial charge in [0.25, 0.3) is 0 Å². The van der Waals surface area contributed by atoms with Crippen LogP contribution in [0.25, 0.3) is 0 Å². The van der Waals surface area contributed by atoms with Crippen LogP contribution in [0.5, 0.6) is 5.75 Å². The van der Waals surface area contributed by atoms with Crippen molar-refractivity contribution in [1.29, 1.82) is 0 Å². The SMILES string of the molecule is CCN(CC)CCCOc1ccc(C(C)NCCN(C)C)cc1. The predicted octanol–water partition coefficient (Wildman–Crippen LogP) is 3.01. The van der Waals surface area contributed by atoms with Crippen LogP contribution in [0, 0.1) is 0 Å². The van der Waals surface area contributed by atoms with E-state index in [4.69, 9.17) is 4.74 Å². The molecule has 0 saturated heterocycles. The van der Waals surface area contributed by atoms with E-state index >= 15 is 0 Å². The first-order chi connectivity index (χ1) is 11.1. The summed E-state index contributed by atoms with van der Waals surface area (Å²) in [5.41, 5.74) is 1.30. The number of likely N-dealkylation sites (N-methyl/N-ethyl adjacent to an activating group) is 1. The molecule has 1 rings (SSSR count). The van der Waals surface area contributed by atoms with Crippen LogP contribution in [0.1, 0.15) is 38.8 Å². The molecule has 0 aliphatic rings. The van der Waals surface area contributed by atoms with E-state index < -0.39 is 0 Å². The third-order valence-electron chi connectivity index (χ3n) is 4.17. The molecule has 0 heterocycles. The van der Waals surface area contributed by atoms with E-state index in [0.29, 0.717) is 6.04 Å². The maximum atomic E-state index is 5.84. The normalized spacial score (nSPS) is 12.8. The van der Waals surface area contributed by atoms with E-state index in [1.54, 1.807) is 0 Å². The quantitative estimate of drug-likeness (QED) is 0.599. The number of benzene rings is 1. The van der Waals surface area contributed by atoms with E-state index in [-0.39, 0.29) is 0 Å². The molecule has 0 aliphatic carbocycles. The van der Waals surface area contributed by atoms with E-state index in [0.717, 1.165) is 51.5 Å². The molecule has 0 bridgehead atoms. The highest BCUT2D eigenvalue weighted by Gasteiger charge is 2.05. The van der Waals surface area contributed by atoms with Crippen molar-refractivity contribution in [1.82, 2.24) is 15.1 Å². The van der Waals surface area contributed by atoms with Gasteiger partial charge in [-0.1, -0.05) is 26.0 Å². The minimum absolute atomic E-state index is 0.367. The monoisotopic (exact) mass is 321 g/mol. The summed E-state index contributed by atoms with van der Waals surface area (Å²) < 4.78 is 5.84. The first kappa shape index (κ1) is 19.9. The third-order valence-corrected chi connectivity index (χ3v) is 4.17. The zero-order chi connectivity index (χ0) is 17.1. The molecule has 0 saturated carbocycles. The van der Waals surface area contributed by atoms with Gasteiger partial charge < -0.3 is 19.9 Å². The summed E-state index contributed by atoms with van der Waals surface area (Å²) in [6, 6.07) is 8.85. The van der Waals surface area contributed by atoms with E-state index in [1.165, 1.54) is 5.56 Å². The molecule has 1 N–H and O–H groups in total. The fourth-order valence-electron chi connectivity index (χ4n) is 2.49. The van der Waals surface area contributed by atoms with Gasteiger partial charge in [-0.25, -0.2) is 0 Å².